The third kappa shape index (κ3) is 3.25. The lowest BCUT2D eigenvalue weighted by atomic mass is 10.1. The zero-order valence-electron chi connectivity index (χ0n) is 7.81. The molecular weight excluding hydrogens is 184 g/mol. The second-order valence-electron chi connectivity index (χ2n) is 2.96. The number of halogens is 1. The number of rotatable bonds is 4. The van der Waals surface area contributed by atoms with Crippen molar-refractivity contribution in [3.05, 3.63) is 28.8 Å². The number of likely N-dealkylation sites (N-methyl/N-ethyl adjacent to an activating group) is 1. The monoisotopic (exact) mass is 198 g/mol. The van der Waals surface area contributed by atoms with E-state index >= 15 is 0 Å². The minimum absolute atomic E-state index is 0.632. The number of benzene rings is 1. The summed E-state index contributed by atoms with van der Waals surface area (Å²) in [7, 11) is 0. The highest BCUT2D eigenvalue weighted by atomic mass is 35.5. The first-order valence-corrected chi connectivity index (χ1v) is 4.86. The SMILES string of the molecule is CCNCCc1ccc(Cl)c(N)c1. The maximum absolute atomic E-state index is 5.80. The van der Waals surface area contributed by atoms with E-state index in [0.29, 0.717) is 10.7 Å². The van der Waals surface area contributed by atoms with E-state index < -0.39 is 0 Å². The Morgan fingerprint density at radius 2 is 2.23 bits per heavy atom. The molecule has 0 bridgehead atoms. The van der Waals surface area contributed by atoms with E-state index in [-0.39, 0.29) is 0 Å². The van der Waals surface area contributed by atoms with E-state index in [1.54, 1.807) is 0 Å². The first-order chi connectivity index (χ1) is 6.24. The van der Waals surface area contributed by atoms with Gasteiger partial charge in [-0.05, 0) is 37.2 Å². The predicted molar refractivity (Wildman–Crippen MR) is 58.1 cm³/mol. The van der Waals surface area contributed by atoms with Gasteiger partial charge in [-0.25, -0.2) is 0 Å². The van der Waals surface area contributed by atoms with E-state index in [0.717, 1.165) is 19.5 Å². The maximum Gasteiger partial charge on any atom is 0.0635 e. The predicted octanol–water partition coefficient (Wildman–Crippen LogP) is 2.07. The van der Waals surface area contributed by atoms with Crippen LogP contribution in [0.2, 0.25) is 5.02 Å². The van der Waals surface area contributed by atoms with Gasteiger partial charge in [0.2, 0.25) is 0 Å². The average molecular weight is 199 g/mol. The third-order valence-corrected chi connectivity index (χ3v) is 2.25. The fraction of sp³-hybridized carbons (Fsp3) is 0.400. The number of nitrogens with one attached hydrogen (secondary N) is 1. The Balaban J connectivity index is 2.53. The van der Waals surface area contributed by atoms with Gasteiger partial charge in [0.15, 0.2) is 0 Å². The smallest absolute Gasteiger partial charge is 0.0635 e. The summed E-state index contributed by atoms with van der Waals surface area (Å²) < 4.78 is 0. The van der Waals surface area contributed by atoms with Crippen LogP contribution in [0.1, 0.15) is 12.5 Å². The Hall–Kier alpha value is -0.730. The highest BCUT2D eigenvalue weighted by Crippen LogP contribution is 2.19. The molecule has 13 heavy (non-hydrogen) atoms. The van der Waals surface area contributed by atoms with Gasteiger partial charge in [-0.2, -0.15) is 0 Å². The molecule has 0 fully saturated rings. The summed E-state index contributed by atoms with van der Waals surface area (Å²) in [6.45, 7) is 4.08. The lowest BCUT2D eigenvalue weighted by molar-refractivity contribution is 0.717. The number of anilines is 1. The van der Waals surface area contributed by atoms with Crippen molar-refractivity contribution in [2.75, 3.05) is 18.8 Å². The zero-order chi connectivity index (χ0) is 9.68. The van der Waals surface area contributed by atoms with Crippen LogP contribution in [0.25, 0.3) is 0 Å². The van der Waals surface area contributed by atoms with Gasteiger partial charge in [-0.3, -0.25) is 0 Å². The first-order valence-electron chi connectivity index (χ1n) is 4.48. The maximum atomic E-state index is 5.80. The second kappa shape index (κ2) is 5.10. The van der Waals surface area contributed by atoms with Gasteiger partial charge in [-0.15, -0.1) is 0 Å². The van der Waals surface area contributed by atoms with Gasteiger partial charge in [0, 0.05) is 0 Å². The molecule has 0 saturated carbocycles. The van der Waals surface area contributed by atoms with Crippen LogP contribution >= 0.6 is 11.6 Å². The molecule has 0 saturated heterocycles. The van der Waals surface area contributed by atoms with Crippen LogP contribution in [0.15, 0.2) is 18.2 Å². The molecule has 72 valence electrons. The molecule has 0 amide bonds. The fourth-order valence-electron chi connectivity index (χ4n) is 1.16. The van der Waals surface area contributed by atoms with Crippen molar-refractivity contribution in [3.8, 4) is 0 Å². The Labute approximate surface area is 84.1 Å². The van der Waals surface area contributed by atoms with Crippen molar-refractivity contribution >= 4 is 17.3 Å². The van der Waals surface area contributed by atoms with E-state index in [9.17, 15) is 0 Å². The summed E-state index contributed by atoms with van der Waals surface area (Å²) in [5.41, 5.74) is 7.56. The Morgan fingerprint density at radius 3 is 2.85 bits per heavy atom. The summed E-state index contributed by atoms with van der Waals surface area (Å²) >= 11 is 5.80. The minimum atomic E-state index is 0.632. The van der Waals surface area contributed by atoms with Crippen molar-refractivity contribution in [1.29, 1.82) is 0 Å². The first kappa shape index (κ1) is 10.4. The molecule has 0 atom stereocenters. The normalized spacial score (nSPS) is 10.3. The van der Waals surface area contributed by atoms with Crippen molar-refractivity contribution in [1.82, 2.24) is 5.32 Å². The zero-order valence-corrected chi connectivity index (χ0v) is 8.56. The quantitative estimate of drug-likeness (QED) is 0.574. The van der Waals surface area contributed by atoms with Crippen molar-refractivity contribution in [2.24, 2.45) is 0 Å². The van der Waals surface area contributed by atoms with Crippen LogP contribution in [0.4, 0.5) is 5.69 Å². The van der Waals surface area contributed by atoms with Gasteiger partial charge in [0.1, 0.15) is 0 Å². The minimum Gasteiger partial charge on any atom is -0.398 e. The largest absolute Gasteiger partial charge is 0.398 e. The second-order valence-corrected chi connectivity index (χ2v) is 3.37. The molecule has 0 aliphatic heterocycles. The van der Waals surface area contributed by atoms with Gasteiger partial charge >= 0.3 is 0 Å². The third-order valence-electron chi connectivity index (χ3n) is 1.90. The van der Waals surface area contributed by atoms with Crippen molar-refractivity contribution in [3.63, 3.8) is 0 Å². The Bertz CT molecular complexity index is 274. The van der Waals surface area contributed by atoms with Crippen LogP contribution < -0.4 is 11.1 Å². The molecule has 0 aliphatic carbocycles. The topological polar surface area (TPSA) is 38.0 Å². The molecule has 0 radical (unpaired) electrons. The van der Waals surface area contributed by atoms with Crippen LogP contribution in [-0.4, -0.2) is 13.1 Å². The summed E-state index contributed by atoms with van der Waals surface area (Å²) in [5.74, 6) is 0. The molecule has 0 spiro atoms. The van der Waals surface area contributed by atoms with E-state index in [2.05, 4.69) is 12.2 Å². The molecule has 3 heteroatoms. The molecule has 0 unspecified atom stereocenters. The molecule has 2 nitrogen and oxygen atoms in total. The molecule has 0 heterocycles. The van der Waals surface area contributed by atoms with E-state index in [1.807, 2.05) is 18.2 Å². The number of hydrogen-bond donors (Lipinski definition) is 2. The fourth-order valence-corrected chi connectivity index (χ4v) is 1.28. The van der Waals surface area contributed by atoms with Gasteiger partial charge in [0.25, 0.3) is 0 Å². The molecule has 1 rings (SSSR count). The van der Waals surface area contributed by atoms with Crippen molar-refractivity contribution < 1.29 is 0 Å². The van der Waals surface area contributed by atoms with E-state index in [4.69, 9.17) is 17.3 Å². The highest BCUT2D eigenvalue weighted by Gasteiger charge is 1.97. The highest BCUT2D eigenvalue weighted by molar-refractivity contribution is 6.33. The summed E-state index contributed by atoms with van der Waals surface area (Å²) in [4.78, 5) is 0. The van der Waals surface area contributed by atoms with Crippen LogP contribution in [0.3, 0.4) is 0 Å². The molecule has 0 aromatic heterocycles. The van der Waals surface area contributed by atoms with Crippen LogP contribution in [0, 0.1) is 0 Å². The van der Waals surface area contributed by atoms with E-state index in [1.165, 1.54) is 5.56 Å². The number of nitrogens with two attached hydrogens (primary N) is 1. The molecular formula is C10H15ClN2. The molecule has 3 N–H and O–H groups in total. The molecule has 1 aromatic carbocycles. The van der Waals surface area contributed by atoms with Gasteiger partial charge in [0.05, 0.1) is 10.7 Å². The summed E-state index contributed by atoms with van der Waals surface area (Å²) in [6.07, 6.45) is 0.995. The Morgan fingerprint density at radius 1 is 1.46 bits per heavy atom. The lowest BCUT2D eigenvalue weighted by Gasteiger charge is -2.04. The summed E-state index contributed by atoms with van der Waals surface area (Å²) in [6, 6.07) is 5.79. The number of hydrogen-bond acceptors (Lipinski definition) is 2. The number of nitrogen functional groups attached to an aromatic ring is 1. The van der Waals surface area contributed by atoms with Crippen LogP contribution in [0.5, 0.6) is 0 Å². The molecule has 0 aliphatic rings. The van der Waals surface area contributed by atoms with Crippen LogP contribution in [-0.2, 0) is 6.42 Å². The van der Waals surface area contributed by atoms with Gasteiger partial charge < -0.3 is 11.1 Å². The average Bonchev–Trinajstić information content (AvgIpc) is 2.12. The Kier molecular flexibility index (Phi) is 4.06. The summed E-state index contributed by atoms with van der Waals surface area (Å²) in [5, 5.41) is 3.89. The molecule has 1 aromatic rings. The van der Waals surface area contributed by atoms with Gasteiger partial charge in [-0.1, -0.05) is 24.6 Å². The van der Waals surface area contributed by atoms with Crippen molar-refractivity contribution in [2.45, 2.75) is 13.3 Å². The lowest BCUT2D eigenvalue weighted by Crippen LogP contribution is -2.16. The standard InChI is InChI=1S/C10H15ClN2/c1-2-13-6-5-8-3-4-9(11)10(12)7-8/h3-4,7,13H,2,5-6,12H2,1H3.